The maximum atomic E-state index is 12.6. The van der Waals surface area contributed by atoms with Gasteiger partial charge in [0.05, 0.1) is 0 Å². The van der Waals surface area contributed by atoms with E-state index in [1.54, 1.807) is 6.07 Å². The molecule has 0 radical (unpaired) electrons. The largest absolute Gasteiger partial charge is 0.486 e. The zero-order valence-corrected chi connectivity index (χ0v) is 14.0. The second-order valence-corrected chi connectivity index (χ2v) is 7.92. The highest BCUT2D eigenvalue weighted by Crippen LogP contribution is 2.37. The van der Waals surface area contributed by atoms with Gasteiger partial charge < -0.3 is 9.47 Å². The van der Waals surface area contributed by atoms with Crippen molar-refractivity contribution in [2.24, 2.45) is 0 Å². The lowest BCUT2D eigenvalue weighted by molar-refractivity contribution is 0.171. The van der Waals surface area contributed by atoms with Crippen LogP contribution in [0.15, 0.2) is 21.5 Å². The van der Waals surface area contributed by atoms with Crippen molar-refractivity contribution in [3.05, 3.63) is 16.6 Å². The lowest BCUT2D eigenvalue weighted by Gasteiger charge is -2.24. The number of halogens is 1. The van der Waals surface area contributed by atoms with E-state index in [9.17, 15) is 8.42 Å². The number of fused-ring (bicyclic) bond motifs is 1. The molecule has 1 aromatic rings. The molecule has 0 atom stereocenters. The number of sulfonamides is 1. The SMILES string of the molecule is O=S(=O)(NC1CCCCC1)c1cc2c(cc1Br)OCCO2. The molecule has 1 aliphatic heterocycles. The number of hydrogen-bond acceptors (Lipinski definition) is 4. The highest BCUT2D eigenvalue weighted by molar-refractivity contribution is 9.10. The Balaban J connectivity index is 1.87. The molecule has 1 aliphatic carbocycles. The van der Waals surface area contributed by atoms with Crippen LogP contribution in [0.2, 0.25) is 0 Å². The molecule has 1 N–H and O–H groups in total. The smallest absolute Gasteiger partial charge is 0.242 e. The van der Waals surface area contributed by atoms with E-state index in [-0.39, 0.29) is 10.9 Å². The predicted molar refractivity (Wildman–Crippen MR) is 82.3 cm³/mol. The first kappa shape index (κ1) is 15.1. The van der Waals surface area contributed by atoms with Crippen LogP contribution < -0.4 is 14.2 Å². The van der Waals surface area contributed by atoms with Crippen LogP contribution in [0.1, 0.15) is 32.1 Å². The van der Waals surface area contributed by atoms with Crippen LogP contribution in [0, 0.1) is 0 Å². The van der Waals surface area contributed by atoms with E-state index in [1.807, 2.05) is 0 Å². The monoisotopic (exact) mass is 375 g/mol. The molecule has 7 heteroatoms. The summed E-state index contributed by atoms with van der Waals surface area (Å²) in [6.07, 6.45) is 5.15. The molecule has 5 nitrogen and oxygen atoms in total. The lowest BCUT2D eigenvalue weighted by atomic mass is 9.96. The van der Waals surface area contributed by atoms with Crippen molar-refractivity contribution in [2.75, 3.05) is 13.2 Å². The molecular formula is C14H18BrNO4S. The van der Waals surface area contributed by atoms with Crippen LogP contribution in [0.25, 0.3) is 0 Å². The van der Waals surface area contributed by atoms with Gasteiger partial charge in [-0.05, 0) is 34.8 Å². The zero-order valence-electron chi connectivity index (χ0n) is 11.6. The number of hydrogen-bond donors (Lipinski definition) is 1. The Kier molecular flexibility index (Phi) is 4.42. The van der Waals surface area contributed by atoms with Gasteiger partial charge in [0.2, 0.25) is 10.0 Å². The Labute approximate surface area is 133 Å². The maximum Gasteiger partial charge on any atom is 0.242 e. The first-order chi connectivity index (χ1) is 10.1. The van der Waals surface area contributed by atoms with Gasteiger partial charge in [0, 0.05) is 16.6 Å². The van der Waals surface area contributed by atoms with Crippen LogP contribution in [-0.2, 0) is 10.0 Å². The molecule has 0 saturated heterocycles. The van der Waals surface area contributed by atoms with E-state index < -0.39 is 10.0 Å². The summed E-state index contributed by atoms with van der Waals surface area (Å²) in [4.78, 5) is 0.206. The molecule has 2 aliphatic rings. The molecule has 1 fully saturated rings. The molecular weight excluding hydrogens is 358 g/mol. The van der Waals surface area contributed by atoms with E-state index in [0.717, 1.165) is 25.7 Å². The molecule has 0 aromatic heterocycles. The third kappa shape index (κ3) is 3.35. The quantitative estimate of drug-likeness (QED) is 0.881. The standard InChI is InChI=1S/C14H18BrNO4S/c15-11-8-12-13(20-7-6-19-12)9-14(11)21(17,18)16-10-4-2-1-3-5-10/h8-10,16H,1-7H2. The lowest BCUT2D eigenvalue weighted by Crippen LogP contribution is -2.36. The average Bonchev–Trinajstić information content (AvgIpc) is 2.47. The first-order valence-electron chi connectivity index (χ1n) is 7.18. The predicted octanol–water partition coefficient (Wildman–Crippen LogP) is 2.83. The summed E-state index contributed by atoms with van der Waals surface area (Å²) in [6.45, 7) is 0.913. The third-order valence-electron chi connectivity index (χ3n) is 3.81. The Bertz CT molecular complexity index is 626. The first-order valence-corrected chi connectivity index (χ1v) is 9.45. The van der Waals surface area contributed by atoms with E-state index >= 15 is 0 Å². The van der Waals surface area contributed by atoms with E-state index in [4.69, 9.17) is 9.47 Å². The van der Waals surface area contributed by atoms with Gasteiger partial charge in [0.15, 0.2) is 11.5 Å². The van der Waals surface area contributed by atoms with E-state index in [2.05, 4.69) is 20.7 Å². The van der Waals surface area contributed by atoms with Crippen LogP contribution in [0.5, 0.6) is 11.5 Å². The van der Waals surface area contributed by atoms with Crippen molar-refractivity contribution >= 4 is 26.0 Å². The second kappa shape index (κ2) is 6.14. The summed E-state index contributed by atoms with van der Waals surface area (Å²) >= 11 is 3.32. The molecule has 3 rings (SSSR count). The Morgan fingerprint density at radius 2 is 1.67 bits per heavy atom. The molecule has 0 unspecified atom stereocenters. The van der Waals surface area contributed by atoms with Crippen molar-refractivity contribution in [1.82, 2.24) is 4.72 Å². The molecule has 1 saturated carbocycles. The fraction of sp³-hybridized carbons (Fsp3) is 0.571. The second-order valence-electron chi connectivity index (χ2n) is 5.38. The minimum absolute atomic E-state index is 0.0313. The normalized spacial score (nSPS) is 19.5. The van der Waals surface area contributed by atoms with Crippen molar-refractivity contribution < 1.29 is 17.9 Å². The van der Waals surface area contributed by atoms with E-state index in [1.165, 1.54) is 12.5 Å². The number of benzene rings is 1. The van der Waals surface area contributed by atoms with Crippen molar-refractivity contribution in [2.45, 2.75) is 43.0 Å². The molecule has 1 heterocycles. The van der Waals surface area contributed by atoms with Crippen LogP contribution >= 0.6 is 15.9 Å². The summed E-state index contributed by atoms with van der Waals surface area (Å²) in [7, 11) is -3.56. The number of ether oxygens (including phenoxy) is 2. The molecule has 0 spiro atoms. The fourth-order valence-corrected chi connectivity index (χ4v) is 5.10. The van der Waals surface area contributed by atoms with Gasteiger partial charge in [-0.2, -0.15) is 0 Å². The van der Waals surface area contributed by atoms with Crippen LogP contribution in [-0.4, -0.2) is 27.7 Å². The number of rotatable bonds is 3. The van der Waals surface area contributed by atoms with E-state index in [0.29, 0.717) is 29.2 Å². The Morgan fingerprint density at radius 1 is 1.05 bits per heavy atom. The maximum absolute atomic E-state index is 12.6. The van der Waals surface area contributed by atoms with Crippen molar-refractivity contribution in [3.63, 3.8) is 0 Å². The van der Waals surface area contributed by atoms with Crippen LogP contribution in [0.3, 0.4) is 0 Å². The minimum atomic E-state index is -3.56. The van der Waals surface area contributed by atoms with Gasteiger partial charge in [-0.1, -0.05) is 19.3 Å². The third-order valence-corrected chi connectivity index (χ3v) is 6.29. The highest BCUT2D eigenvalue weighted by atomic mass is 79.9. The minimum Gasteiger partial charge on any atom is -0.486 e. The topological polar surface area (TPSA) is 64.6 Å². The van der Waals surface area contributed by atoms with Gasteiger partial charge in [-0.15, -0.1) is 0 Å². The molecule has 21 heavy (non-hydrogen) atoms. The molecule has 1 aromatic carbocycles. The van der Waals surface area contributed by atoms with Gasteiger partial charge in [0.1, 0.15) is 18.1 Å². The molecule has 0 amide bonds. The highest BCUT2D eigenvalue weighted by Gasteiger charge is 2.26. The summed E-state index contributed by atoms with van der Waals surface area (Å²) in [5.41, 5.74) is 0. The Morgan fingerprint density at radius 3 is 2.33 bits per heavy atom. The van der Waals surface area contributed by atoms with Gasteiger partial charge in [-0.25, -0.2) is 13.1 Å². The average molecular weight is 376 g/mol. The fourth-order valence-electron chi connectivity index (χ4n) is 2.75. The molecule has 0 bridgehead atoms. The van der Waals surface area contributed by atoms with Gasteiger partial charge >= 0.3 is 0 Å². The van der Waals surface area contributed by atoms with Crippen molar-refractivity contribution in [3.8, 4) is 11.5 Å². The zero-order chi connectivity index (χ0) is 14.9. The summed E-state index contributed by atoms with van der Waals surface area (Å²) in [5.74, 6) is 1.05. The molecule has 116 valence electrons. The summed E-state index contributed by atoms with van der Waals surface area (Å²) < 4.78 is 39.4. The van der Waals surface area contributed by atoms with Crippen molar-refractivity contribution in [1.29, 1.82) is 0 Å². The van der Waals surface area contributed by atoms with Gasteiger partial charge in [-0.3, -0.25) is 0 Å². The van der Waals surface area contributed by atoms with Crippen LogP contribution in [0.4, 0.5) is 0 Å². The number of nitrogens with one attached hydrogen (secondary N) is 1. The van der Waals surface area contributed by atoms with Gasteiger partial charge in [0.25, 0.3) is 0 Å². The summed E-state index contributed by atoms with van der Waals surface area (Å²) in [5, 5.41) is 0. The summed E-state index contributed by atoms with van der Waals surface area (Å²) in [6, 6.07) is 3.22. The Hall–Kier alpha value is -0.790.